The van der Waals surface area contributed by atoms with Crippen molar-refractivity contribution in [1.82, 2.24) is 4.90 Å². The van der Waals surface area contributed by atoms with Crippen LogP contribution in [0.3, 0.4) is 0 Å². The Hall–Kier alpha value is -0.160. The molecular formula is C9H19NO3. The molecule has 1 rings (SSSR count). The SMILES string of the molecule is OCCOCCN1CCCC1CO. The maximum Gasteiger partial charge on any atom is 0.0698 e. The highest BCUT2D eigenvalue weighted by molar-refractivity contribution is 4.77. The Kier molecular flexibility index (Phi) is 5.31. The van der Waals surface area contributed by atoms with Crippen LogP contribution < -0.4 is 0 Å². The molecule has 4 heteroatoms. The molecule has 0 aromatic heterocycles. The molecule has 1 aliphatic rings. The first-order valence-corrected chi connectivity index (χ1v) is 4.92. The Morgan fingerprint density at radius 2 is 2.15 bits per heavy atom. The van der Waals surface area contributed by atoms with E-state index in [-0.39, 0.29) is 13.2 Å². The normalized spacial score (nSPS) is 24.0. The monoisotopic (exact) mass is 189 g/mol. The molecule has 0 spiro atoms. The first-order valence-electron chi connectivity index (χ1n) is 4.92. The number of likely N-dealkylation sites (tertiary alicyclic amines) is 1. The van der Waals surface area contributed by atoms with E-state index in [9.17, 15) is 0 Å². The fraction of sp³-hybridized carbons (Fsp3) is 1.00. The molecule has 2 N–H and O–H groups in total. The molecule has 0 saturated carbocycles. The Bertz CT molecular complexity index is 132. The zero-order valence-electron chi connectivity index (χ0n) is 7.98. The Labute approximate surface area is 79.1 Å². The van der Waals surface area contributed by atoms with Crippen molar-refractivity contribution in [2.45, 2.75) is 18.9 Å². The molecule has 13 heavy (non-hydrogen) atoms. The van der Waals surface area contributed by atoms with Gasteiger partial charge in [-0.05, 0) is 19.4 Å². The maximum atomic E-state index is 9.02. The number of ether oxygens (including phenoxy) is 1. The summed E-state index contributed by atoms with van der Waals surface area (Å²) >= 11 is 0. The van der Waals surface area contributed by atoms with Crippen LogP contribution in [0.15, 0.2) is 0 Å². The molecule has 1 fully saturated rings. The first-order chi connectivity index (χ1) is 6.38. The molecule has 0 amide bonds. The van der Waals surface area contributed by atoms with Crippen LogP contribution >= 0.6 is 0 Å². The summed E-state index contributed by atoms with van der Waals surface area (Å²) < 4.78 is 5.16. The van der Waals surface area contributed by atoms with Crippen molar-refractivity contribution < 1.29 is 14.9 Å². The van der Waals surface area contributed by atoms with Crippen LogP contribution in [-0.4, -0.2) is 60.7 Å². The van der Waals surface area contributed by atoms with Crippen LogP contribution in [0.25, 0.3) is 0 Å². The molecule has 0 radical (unpaired) electrons. The topological polar surface area (TPSA) is 52.9 Å². The molecule has 78 valence electrons. The molecule has 1 unspecified atom stereocenters. The predicted molar refractivity (Wildman–Crippen MR) is 49.6 cm³/mol. The Morgan fingerprint density at radius 3 is 2.85 bits per heavy atom. The summed E-state index contributed by atoms with van der Waals surface area (Å²) in [5.74, 6) is 0. The van der Waals surface area contributed by atoms with Gasteiger partial charge in [-0.1, -0.05) is 0 Å². The number of hydrogen-bond donors (Lipinski definition) is 2. The van der Waals surface area contributed by atoms with Crippen molar-refractivity contribution in [3.63, 3.8) is 0 Å². The fourth-order valence-electron chi connectivity index (χ4n) is 1.74. The molecule has 1 atom stereocenters. The van der Waals surface area contributed by atoms with E-state index in [0.717, 1.165) is 19.5 Å². The van der Waals surface area contributed by atoms with Gasteiger partial charge in [-0.25, -0.2) is 0 Å². The van der Waals surface area contributed by atoms with Crippen LogP contribution in [0.4, 0.5) is 0 Å². The van der Waals surface area contributed by atoms with E-state index in [1.54, 1.807) is 0 Å². The molecule has 1 saturated heterocycles. The summed E-state index contributed by atoms with van der Waals surface area (Å²) in [4.78, 5) is 2.25. The van der Waals surface area contributed by atoms with Crippen molar-refractivity contribution in [2.75, 3.05) is 39.5 Å². The van der Waals surface area contributed by atoms with Crippen LogP contribution in [0.5, 0.6) is 0 Å². The minimum absolute atomic E-state index is 0.0867. The third-order valence-corrected chi connectivity index (χ3v) is 2.47. The molecule has 0 aromatic rings. The fourth-order valence-corrected chi connectivity index (χ4v) is 1.74. The lowest BCUT2D eigenvalue weighted by molar-refractivity contribution is 0.0634. The molecular weight excluding hydrogens is 170 g/mol. The van der Waals surface area contributed by atoms with Crippen LogP contribution in [0.1, 0.15) is 12.8 Å². The van der Waals surface area contributed by atoms with Gasteiger partial charge in [0.25, 0.3) is 0 Å². The number of hydrogen-bond acceptors (Lipinski definition) is 4. The third kappa shape index (κ3) is 3.60. The van der Waals surface area contributed by atoms with Crippen molar-refractivity contribution in [3.05, 3.63) is 0 Å². The van der Waals surface area contributed by atoms with Gasteiger partial charge < -0.3 is 14.9 Å². The van der Waals surface area contributed by atoms with E-state index < -0.39 is 0 Å². The predicted octanol–water partition coefficient (Wildman–Crippen LogP) is -0.548. The van der Waals surface area contributed by atoms with Gasteiger partial charge in [0.15, 0.2) is 0 Å². The van der Waals surface area contributed by atoms with Gasteiger partial charge >= 0.3 is 0 Å². The van der Waals surface area contributed by atoms with Gasteiger partial charge in [-0.3, -0.25) is 4.90 Å². The van der Waals surface area contributed by atoms with Crippen molar-refractivity contribution >= 4 is 0 Å². The summed E-state index contributed by atoms with van der Waals surface area (Å²) in [6.45, 7) is 3.33. The maximum absolute atomic E-state index is 9.02. The molecule has 1 aliphatic heterocycles. The van der Waals surface area contributed by atoms with Gasteiger partial charge in [0.1, 0.15) is 0 Å². The Balaban J connectivity index is 2.06. The van der Waals surface area contributed by atoms with E-state index in [2.05, 4.69) is 4.90 Å². The highest BCUT2D eigenvalue weighted by atomic mass is 16.5. The van der Waals surface area contributed by atoms with Crippen molar-refractivity contribution in [1.29, 1.82) is 0 Å². The average Bonchev–Trinajstić information content (AvgIpc) is 2.60. The van der Waals surface area contributed by atoms with Crippen LogP contribution in [-0.2, 0) is 4.74 Å². The summed E-state index contributed by atoms with van der Waals surface area (Å²) in [6.07, 6.45) is 2.27. The van der Waals surface area contributed by atoms with E-state index in [1.165, 1.54) is 6.42 Å². The highest BCUT2D eigenvalue weighted by Gasteiger charge is 2.22. The quantitative estimate of drug-likeness (QED) is 0.551. The molecule has 0 bridgehead atoms. The number of aliphatic hydroxyl groups excluding tert-OH is 2. The standard InChI is InChI=1S/C9H19NO3/c11-5-7-13-6-4-10-3-1-2-9(10)8-12/h9,11-12H,1-8H2. The van der Waals surface area contributed by atoms with Gasteiger partial charge in [-0.15, -0.1) is 0 Å². The van der Waals surface area contributed by atoms with Crippen molar-refractivity contribution in [2.24, 2.45) is 0 Å². The minimum Gasteiger partial charge on any atom is -0.395 e. The zero-order valence-corrected chi connectivity index (χ0v) is 7.98. The van der Waals surface area contributed by atoms with Crippen LogP contribution in [0.2, 0.25) is 0 Å². The average molecular weight is 189 g/mol. The second kappa shape index (κ2) is 6.32. The van der Waals surface area contributed by atoms with Gasteiger partial charge in [0, 0.05) is 12.6 Å². The number of aliphatic hydroxyl groups is 2. The summed E-state index contributed by atoms with van der Waals surface area (Å²) in [5.41, 5.74) is 0. The van der Waals surface area contributed by atoms with Crippen molar-refractivity contribution in [3.8, 4) is 0 Å². The zero-order chi connectivity index (χ0) is 9.52. The molecule has 1 heterocycles. The van der Waals surface area contributed by atoms with E-state index in [4.69, 9.17) is 14.9 Å². The number of nitrogens with zero attached hydrogens (tertiary/aromatic N) is 1. The minimum atomic E-state index is 0.0867. The van der Waals surface area contributed by atoms with Crippen LogP contribution in [0, 0.1) is 0 Å². The van der Waals surface area contributed by atoms with E-state index in [0.29, 0.717) is 19.3 Å². The number of rotatable bonds is 6. The summed E-state index contributed by atoms with van der Waals surface area (Å²) in [6, 6.07) is 0.331. The second-order valence-electron chi connectivity index (χ2n) is 3.35. The summed E-state index contributed by atoms with van der Waals surface area (Å²) in [7, 11) is 0. The highest BCUT2D eigenvalue weighted by Crippen LogP contribution is 2.15. The van der Waals surface area contributed by atoms with E-state index >= 15 is 0 Å². The molecule has 0 aromatic carbocycles. The molecule has 4 nitrogen and oxygen atoms in total. The first kappa shape index (κ1) is 10.9. The van der Waals surface area contributed by atoms with Gasteiger partial charge in [-0.2, -0.15) is 0 Å². The lowest BCUT2D eigenvalue weighted by atomic mass is 10.2. The largest absolute Gasteiger partial charge is 0.395 e. The lowest BCUT2D eigenvalue weighted by Crippen LogP contribution is -2.35. The Morgan fingerprint density at radius 1 is 1.31 bits per heavy atom. The third-order valence-electron chi connectivity index (χ3n) is 2.47. The van der Waals surface area contributed by atoms with Gasteiger partial charge in [0.2, 0.25) is 0 Å². The smallest absolute Gasteiger partial charge is 0.0698 e. The lowest BCUT2D eigenvalue weighted by Gasteiger charge is -2.22. The molecule has 0 aliphatic carbocycles. The van der Waals surface area contributed by atoms with Gasteiger partial charge in [0.05, 0.1) is 26.4 Å². The van der Waals surface area contributed by atoms with E-state index in [1.807, 2.05) is 0 Å². The summed E-state index contributed by atoms with van der Waals surface area (Å²) in [5, 5.41) is 17.5. The second-order valence-corrected chi connectivity index (χ2v) is 3.35.